The first-order valence-electron chi connectivity index (χ1n) is 2.66. The summed E-state index contributed by atoms with van der Waals surface area (Å²) in [4.78, 5) is 0. The van der Waals surface area contributed by atoms with Crippen molar-refractivity contribution in [2.45, 2.75) is 6.10 Å². The van der Waals surface area contributed by atoms with Gasteiger partial charge in [-0.25, -0.2) is 0 Å². The van der Waals surface area contributed by atoms with E-state index in [2.05, 4.69) is 0 Å². The molecular weight excluding hydrogens is 120 g/mol. The van der Waals surface area contributed by atoms with Crippen molar-refractivity contribution >= 4 is 0 Å². The molecule has 0 aromatic heterocycles. The number of ether oxygens (including phenoxy) is 1. The summed E-state index contributed by atoms with van der Waals surface area (Å²) >= 11 is 0. The average molecular weight is 128 g/mol. The fraction of sp³-hybridized carbons (Fsp3) is 0.333. The van der Waals surface area contributed by atoms with Crippen molar-refractivity contribution in [3.8, 4) is 0 Å². The van der Waals surface area contributed by atoms with Gasteiger partial charge in [0.1, 0.15) is 11.9 Å². The van der Waals surface area contributed by atoms with E-state index in [9.17, 15) is 0 Å². The van der Waals surface area contributed by atoms with Crippen molar-refractivity contribution in [1.82, 2.24) is 0 Å². The van der Waals surface area contributed by atoms with Crippen LogP contribution in [-0.4, -0.2) is 22.9 Å². The zero-order chi connectivity index (χ0) is 6.69. The highest BCUT2D eigenvalue weighted by molar-refractivity contribution is 5.14. The van der Waals surface area contributed by atoms with Gasteiger partial charge in [0.05, 0.1) is 12.9 Å². The van der Waals surface area contributed by atoms with Crippen LogP contribution in [-0.2, 0) is 4.74 Å². The summed E-state index contributed by atoms with van der Waals surface area (Å²) in [6.45, 7) is -0.103. The lowest BCUT2D eigenvalue weighted by atomic mass is 10.3. The van der Waals surface area contributed by atoms with Crippen molar-refractivity contribution in [3.05, 3.63) is 24.2 Å². The van der Waals surface area contributed by atoms with E-state index in [0.29, 0.717) is 0 Å². The first-order valence-corrected chi connectivity index (χ1v) is 2.66. The molecule has 1 unspecified atom stereocenters. The normalized spacial score (nSPS) is 25.0. The highest BCUT2D eigenvalue weighted by atomic mass is 16.5. The molecule has 3 nitrogen and oxygen atoms in total. The van der Waals surface area contributed by atoms with E-state index < -0.39 is 0 Å². The molecule has 1 aliphatic rings. The molecular formula is C6H8O3. The van der Waals surface area contributed by atoms with Gasteiger partial charge < -0.3 is 14.9 Å². The summed E-state index contributed by atoms with van der Waals surface area (Å²) in [5.74, 6) is 0.139. The summed E-state index contributed by atoms with van der Waals surface area (Å²) in [6, 6.07) is 0. The lowest BCUT2D eigenvalue weighted by Gasteiger charge is -2.12. The maximum absolute atomic E-state index is 8.79. The minimum atomic E-state index is -0.380. The third kappa shape index (κ3) is 1.47. The van der Waals surface area contributed by atoms with Gasteiger partial charge in [-0.1, -0.05) is 0 Å². The van der Waals surface area contributed by atoms with Crippen LogP contribution in [0.5, 0.6) is 0 Å². The first kappa shape index (κ1) is 6.16. The summed E-state index contributed by atoms with van der Waals surface area (Å²) in [7, 11) is 0. The Hall–Kier alpha value is -0.960. The molecule has 0 saturated heterocycles. The second kappa shape index (κ2) is 2.55. The van der Waals surface area contributed by atoms with Crippen LogP contribution >= 0.6 is 0 Å². The van der Waals surface area contributed by atoms with Gasteiger partial charge in [0, 0.05) is 12.2 Å². The van der Waals surface area contributed by atoms with Crippen LogP contribution in [0, 0.1) is 0 Å². The first-order chi connectivity index (χ1) is 4.33. The Morgan fingerprint density at radius 1 is 1.67 bits per heavy atom. The molecule has 1 aliphatic heterocycles. The van der Waals surface area contributed by atoms with E-state index in [0.717, 1.165) is 0 Å². The number of aliphatic hydroxyl groups excluding tert-OH is 2. The SMILES string of the molecule is OCC1C=C(O)C=CO1. The molecule has 1 atom stereocenters. The molecule has 1 heterocycles. The molecule has 3 heteroatoms. The third-order valence-electron chi connectivity index (χ3n) is 1.03. The lowest BCUT2D eigenvalue weighted by Crippen LogP contribution is -2.14. The van der Waals surface area contributed by atoms with Crippen LogP contribution in [0.3, 0.4) is 0 Å². The molecule has 1 rings (SSSR count). The number of allylic oxidation sites excluding steroid dienone is 1. The van der Waals surface area contributed by atoms with Crippen LogP contribution < -0.4 is 0 Å². The molecule has 9 heavy (non-hydrogen) atoms. The van der Waals surface area contributed by atoms with Crippen LogP contribution in [0.15, 0.2) is 24.2 Å². The molecule has 0 fully saturated rings. The minimum absolute atomic E-state index is 0.103. The van der Waals surface area contributed by atoms with Gasteiger partial charge in [0.25, 0.3) is 0 Å². The van der Waals surface area contributed by atoms with Gasteiger partial charge >= 0.3 is 0 Å². The van der Waals surface area contributed by atoms with Crippen molar-refractivity contribution in [2.75, 3.05) is 6.61 Å². The Bertz CT molecular complexity index is 148. The lowest BCUT2D eigenvalue weighted by molar-refractivity contribution is 0.104. The third-order valence-corrected chi connectivity index (χ3v) is 1.03. The van der Waals surface area contributed by atoms with Gasteiger partial charge in [-0.15, -0.1) is 0 Å². The van der Waals surface area contributed by atoms with Gasteiger partial charge in [0.15, 0.2) is 0 Å². The van der Waals surface area contributed by atoms with Gasteiger partial charge in [-0.05, 0) is 0 Å². The summed E-state index contributed by atoms with van der Waals surface area (Å²) in [5, 5.41) is 17.3. The van der Waals surface area contributed by atoms with Crippen LogP contribution in [0.2, 0.25) is 0 Å². The van der Waals surface area contributed by atoms with Crippen LogP contribution in [0.1, 0.15) is 0 Å². The van der Waals surface area contributed by atoms with E-state index >= 15 is 0 Å². The highest BCUT2D eigenvalue weighted by Crippen LogP contribution is 2.05. The second-order valence-electron chi connectivity index (χ2n) is 1.75. The molecule has 0 aromatic rings. The van der Waals surface area contributed by atoms with Crippen molar-refractivity contribution in [1.29, 1.82) is 0 Å². The molecule has 0 amide bonds. The molecule has 0 spiro atoms. The molecule has 0 saturated carbocycles. The van der Waals surface area contributed by atoms with E-state index in [1.54, 1.807) is 0 Å². The smallest absolute Gasteiger partial charge is 0.143 e. The van der Waals surface area contributed by atoms with E-state index in [1.165, 1.54) is 18.4 Å². The number of rotatable bonds is 1. The zero-order valence-corrected chi connectivity index (χ0v) is 4.82. The zero-order valence-electron chi connectivity index (χ0n) is 4.82. The molecule has 2 N–H and O–H groups in total. The van der Waals surface area contributed by atoms with Crippen LogP contribution in [0.4, 0.5) is 0 Å². The predicted octanol–water partition coefficient (Wildman–Crippen LogP) is 0.333. The van der Waals surface area contributed by atoms with Gasteiger partial charge in [-0.2, -0.15) is 0 Å². The number of hydrogen-bond donors (Lipinski definition) is 2. The monoisotopic (exact) mass is 128 g/mol. The van der Waals surface area contributed by atoms with Crippen molar-refractivity contribution in [3.63, 3.8) is 0 Å². The number of hydrogen-bond acceptors (Lipinski definition) is 3. The number of aliphatic hydroxyl groups is 2. The predicted molar refractivity (Wildman–Crippen MR) is 31.8 cm³/mol. The highest BCUT2D eigenvalue weighted by Gasteiger charge is 2.06. The van der Waals surface area contributed by atoms with Gasteiger partial charge in [-0.3, -0.25) is 0 Å². The van der Waals surface area contributed by atoms with Crippen molar-refractivity contribution < 1.29 is 14.9 Å². The molecule has 0 aliphatic carbocycles. The largest absolute Gasteiger partial charge is 0.508 e. The second-order valence-corrected chi connectivity index (χ2v) is 1.75. The Balaban J connectivity index is 2.55. The summed E-state index contributed by atoms with van der Waals surface area (Å²) < 4.78 is 4.83. The van der Waals surface area contributed by atoms with Crippen LogP contribution in [0.25, 0.3) is 0 Å². The summed E-state index contributed by atoms with van der Waals surface area (Å²) in [5.41, 5.74) is 0. The Labute approximate surface area is 52.9 Å². The molecule has 0 radical (unpaired) electrons. The van der Waals surface area contributed by atoms with Crippen molar-refractivity contribution in [2.24, 2.45) is 0 Å². The quantitative estimate of drug-likeness (QED) is 0.535. The Kier molecular flexibility index (Phi) is 1.75. The minimum Gasteiger partial charge on any atom is -0.508 e. The molecule has 0 aromatic carbocycles. The topological polar surface area (TPSA) is 49.7 Å². The van der Waals surface area contributed by atoms with E-state index in [1.807, 2.05) is 0 Å². The molecule has 50 valence electrons. The maximum atomic E-state index is 8.79. The fourth-order valence-electron chi connectivity index (χ4n) is 0.591. The summed E-state index contributed by atoms with van der Waals surface area (Å²) in [6.07, 6.45) is 3.84. The van der Waals surface area contributed by atoms with E-state index in [-0.39, 0.29) is 18.5 Å². The maximum Gasteiger partial charge on any atom is 0.143 e. The standard InChI is InChI=1S/C6H8O3/c7-4-6-3-5(8)1-2-9-6/h1-3,6-8H,4H2. The van der Waals surface area contributed by atoms with E-state index in [4.69, 9.17) is 14.9 Å². The fourth-order valence-corrected chi connectivity index (χ4v) is 0.591. The Morgan fingerprint density at radius 2 is 2.44 bits per heavy atom. The Morgan fingerprint density at radius 3 is 2.89 bits per heavy atom. The van der Waals surface area contributed by atoms with Gasteiger partial charge in [0.2, 0.25) is 0 Å². The average Bonchev–Trinajstić information content (AvgIpc) is 1.88. The molecule has 0 bridgehead atoms.